The molecule has 1 saturated carbocycles. The number of aromatic nitrogens is 1. The molecule has 0 N–H and O–H groups in total. The first-order valence-corrected chi connectivity index (χ1v) is 9.14. The van der Waals surface area contributed by atoms with Gasteiger partial charge >= 0.3 is 6.03 Å². The van der Waals surface area contributed by atoms with Crippen LogP contribution in [0.1, 0.15) is 29.1 Å². The molecule has 2 aromatic rings. The van der Waals surface area contributed by atoms with Gasteiger partial charge in [-0.1, -0.05) is 23.7 Å². The quantitative estimate of drug-likeness (QED) is 0.768. The minimum Gasteiger partial charge on any atom is -0.312 e. The monoisotopic (exact) mass is 361 g/mol. The highest BCUT2D eigenvalue weighted by molar-refractivity contribution is 7.09. The zero-order valence-electron chi connectivity index (χ0n) is 12.9. The largest absolute Gasteiger partial charge is 0.327 e. The average Bonchev–Trinajstić information content (AvgIpc) is 3.26. The summed E-state index contributed by atoms with van der Waals surface area (Å²) in [6, 6.07) is 7.77. The molecule has 2 heterocycles. The fourth-order valence-electron chi connectivity index (χ4n) is 2.83. The van der Waals surface area contributed by atoms with E-state index >= 15 is 0 Å². The molecule has 0 bridgehead atoms. The summed E-state index contributed by atoms with van der Waals surface area (Å²) in [5, 5.41) is 3.60. The molecule has 3 amide bonds. The third-order valence-electron chi connectivity index (χ3n) is 4.26. The summed E-state index contributed by atoms with van der Waals surface area (Å²) in [6.45, 7) is 0.475. The van der Waals surface area contributed by atoms with E-state index in [9.17, 15) is 9.59 Å². The van der Waals surface area contributed by atoms with E-state index in [0.717, 1.165) is 35.5 Å². The Morgan fingerprint density at radius 3 is 2.67 bits per heavy atom. The van der Waals surface area contributed by atoms with E-state index in [4.69, 9.17) is 11.6 Å². The fraction of sp³-hybridized carbons (Fsp3) is 0.353. The second-order valence-electron chi connectivity index (χ2n) is 6.16. The number of hydrogen-bond acceptors (Lipinski definition) is 4. The van der Waals surface area contributed by atoms with Crippen LogP contribution in [0, 0.1) is 0 Å². The summed E-state index contributed by atoms with van der Waals surface area (Å²) < 4.78 is 0. The van der Waals surface area contributed by atoms with Crippen molar-refractivity contribution in [3.8, 4) is 0 Å². The summed E-state index contributed by atoms with van der Waals surface area (Å²) >= 11 is 7.44. The van der Waals surface area contributed by atoms with Gasteiger partial charge in [-0.05, 0) is 30.5 Å². The molecule has 4 rings (SSSR count). The molecule has 0 spiro atoms. The summed E-state index contributed by atoms with van der Waals surface area (Å²) in [4.78, 5) is 32.0. The van der Waals surface area contributed by atoms with Crippen molar-refractivity contribution in [3.05, 3.63) is 50.9 Å². The molecule has 5 nitrogen and oxygen atoms in total. The number of carbonyl (C=O) groups excluding carboxylic acids is 2. The van der Waals surface area contributed by atoms with Crippen molar-refractivity contribution in [1.82, 2.24) is 14.8 Å². The van der Waals surface area contributed by atoms with Crippen LogP contribution in [-0.2, 0) is 17.8 Å². The van der Waals surface area contributed by atoms with Crippen molar-refractivity contribution in [2.75, 3.05) is 6.54 Å². The number of benzene rings is 1. The molecule has 24 heavy (non-hydrogen) atoms. The number of carbonyl (C=O) groups is 2. The maximum absolute atomic E-state index is 12.3. The smallest absolute Gasteiger partial charge is 0.312 e. The van der Waals surface area contributed by atoms with Gasteiger partial charge in [0.15, 0.2) is 0 Å². The van der Waals surface area contributed by atoms with Crippen molar-refractivity contribution in [3.63, 3.8) is 0 Å². The van der Waals surface area contributed by atoms with Gasteiger partial charge in [0.25, 0.3) is 5.91 Å². The van der Waals surface area contributed by atoms with E-state index in [-0.39, 0.29) is 31.1 Å². The first kappa shape index (κ1) is 15.6. The first-order valence-electron chi connectivity index (χ1n) is 7.89. The first-order chi connectivity index (χ1) is 11.6. The fourth-order valence-corrected chi connectivity index (χ4v) is 3.77. The topological polar surface area (TPSA) is 53.5 Å². The van der Waals surface area contributed by atoms with E-state index in [0.29, 0.717) is 5.02 Å². The van der Waals surface area contributed by atoms with Crippen LogP contribution in [0.15, 0.2) is 29.6 Å². The number of amides is 3. The maximum atomic E-state index is 12.3. The molecule has 0 unspecified atom stereocenters. The van der Waals surface area contributed by atoms with E-state index in [1.807, 2.05) is 29.6 Å². The minimum absolute atomic E-state index is 0.126. The lowest BCUT2D eigenvalue weighted by molar-refractivity contribution is -0.125. The van der Waals surface area contributed by atoms with Crippen LogP contribution < -0.4 is 0 Å². The minimum atomic E-state index is -0.172. The maximum Gasteiger partial charge on any atom is 0.327 e. The predicted molar refractivity (Wildman–Crippen MR) is 92.0 cm³/mol. The molecule has 7 heteroatoms. The highest BCUT2D eigenvalue weighted by atomic mass is 35.5. The Kier molecular flexibility index (Phi) is 4.02. The van der Waals surface area contributed by atoms with E-state index in [2.05, 4.69) is 4.98 Å². The van der Waals surface area contributed by atoms with Crippen LogP contribution in [0.4, 0.5) is 4.79 Å². The third-order valence-corrected chi connectivity index (χ3v) is 5.41. The number of halogens is 1. The molecule has 2 fully saturated rings. The van der Waals surface area contributed by atoms with Gasteiger partial charge in [-0.25, -0.2) is 9.78 Å². The lowest BCUT2D eigenvalue weighted by Crippen LogP contribution is -2.33. The molecular formula is C17H16ClN3O2S. The highest BCUT2D eigenvalue weighted by Crippen LogP contribution is 2.31. The summed E-state index contributed by atoms with van der Waals surface area (Å²) in [6.07, 6.45) is 2.74. The van der Waals surface area contributed by atoms with E-state index in [1.54, 1.807) is 16.2 Å². The lowest BCUT2D eigenvalue weighted by Gasteiger charge is -2.15. The van der Waals surface area contributed by atoms with Gasteiger partial charge in [0.2, 0.25) is 0 Å². The predicted octanol–water partition coefficient (Wildman–Crippen LogP) is 3.31. The van der Waals surface area contributed by atoms with Crippen molar-refractivity contribution < 1.29 is 9.59 Å². The third kappa shape index (κ3) is 3.16. The number of hydrogen-bond donors (Lipinski definition) is 0. The zero-order valence-corrected chi connectivity index (χ0v) is 14.5. The molecule has 1 saturated heterocycles. The highest BCUT2D eigenvalue weighted by Gasteiger charge is 2.43. The Balaban J connectivity index is 1.42. The summed E-state index contributed by atoms with van der Waals surface area (Å²) in [5.41, 5.74) is 1.90. The molecule has 1 aliphatic carbocycles. The van der Waals surface area contributed by atoms with Crippen molar-refractivity contribution in [1.29, 1.82) is 0 Å². The van der Waals surface area contributed by atoms with E-state index < -0.39 is 0 Å². The SMILES string of the molecule is O=C1CN(C2CC2)C(=O)N1Cc1csc(Cc2ccc(Cl)cc2)n1. The molecule has 1 aromatic carbocycles. The van der Waals surface area contributed by atoms with Crippen LogP contribution in [0.2, 0.25) is 5.02 Å². The molecule has 2 aliphatic rings. The molecule has 124 valence electrons. The Bertz CT molecular complexity index is 785. The van der Waals surface area contributed by atoms with Gasteiger partial charge in [-0.3, -0.25) is 9.69 Å². The van der Waals surface area contributed by atoms with Crippen LogP contribution in [0.25, 0.3) is 0 Å². The zero-order chi connectivity index (χ0) is 16.7. The number of rotatable bonds is 5. The van der Waals surface area contributed by atoms with Gasteiger partial charge in [-0.2, -0.15) is 0 Å². The second kappa shape index (κ2) is 6.18. The van der Waals surface area contributed by atoms with Crippen molar-refractivity contribution in [2.45, 2.75) is 31.8 Å². The molecule has 1 aromatic heterocycles. The van der Waals surface area contributed by atoms with Crippen LogP contribution in [0.3, 0.4) is 0 Å². The van der Waals surface area contributed by atoms with Gasteiger partial charge in [0.1, 0.15) is 6.54 Å². The Labute approximate surface area is 148 Å². The Morgan fingerprint density at radius 2 is 1.96 bits per heavy atom. The van der Waals surface area contributed by atoms with Gasteiger partial charge in [0.05, 0.1) is 17.2 Å². The van der Waals surface area contributed by atoms with Gasteiger partial charge < -0.3 is 4.90 Å². The number of imide groups is 1. The van der Waals surface area contributed by atoms with E-state index in [1.165, 1.54) is 4.90 Å². The summed E-state index contributed by atoms with van der Waals surface area (Å²) in [5.74, 6) is -0.126. The van der Waals surface area contributed by atoms with Gasteiger partial charge in [-0.15, -0.1) is 11.3 Å². The molecule has 0 radical (unpaired) electrons. The standard InChI is InChI=1S/C17H16ClN3O2S/c18-12-3-1-11(2-4-12)7-15-19-13(10-24-15)8-21-16(22)9-20(17(21)23)14-5-6-14/h1-4,10,14H,5-9H2. The van der Waals surface area contributed by atoms with Gasteiger partial charge in [0, 0.05) is 22.9 Å². The van der Waals surface area contributed by atoms with Crippen LogP contribution in [0.5, 0.6) is 0 Å². The number of thiazole rings is 1. The lowest BCUT2D eigenvalue weighted by atomic mass is 10.2. The van der Waals surface area contributed by atoms with Crippen molar-refractivity contribution >= 4 is 34.9 Å². The molecular weight excluding hydrogens is 346 g/mol. The molecule has 0 atom stereocenters. The Hall–Kier alpha value is -1.92. The Morgan fingerprint density at radius 1 is 1.21 bits per heavy atom. The normalized spacial score (nSPS) is 17.9. The van der Waals surface area contributed by atoms with Crippen LogP contribution in [-0.4, -0.2) is 39.3 Å². The second-order valence-corrected chi connectivity index (χ2v) is 7.54. The van der Waals surface area contributed by atoms with Crippen molar-refractivity contribution in [2.24, 2.45) is 0 Å². The number of nitrogens with zero attached hydrogens (tertiary/aromatic N) is 3. The van der Waals surface area contributed by atoms with Crippen LogP contribution >= 0.6 is 22.9 Å². The number of urea groups is 1. The molecule has 1 aliphatic heterocycles. The average molecular weight is 362 g/mol. The summed E-state index contributed by atoms with van der Waals surface area (Å²) in [7, 11) is 0.